The topological polar surface area (TPSA) is 28.2 Å². The predicted molar refractivity (Wildman–Crippen MR) is 86.3 cm³/mol. The van der Waals surface area contributed by atoms with Gasteiger partial charge in [0.1, 0.15) is 0 Å². The summed E-state index contributed by atoms with van der Waals surface area (Å²) in [6.45, 7) is 5.61. The number of rotatable bonds is 3. The monoisotopic (exact) mass is 281 g/mol. The maximum Gasteiger partial charge on any atom is 0.0705 e. The molecule has 2 aromatic rings. The largest absolute Gasteiger partial charge is 0.308 e. The lowest BCUT2D eigenvalue weighted by atomic mass is 10.1. The lowest BCUT2D eigenvalue weighted by Crippen LogP contribution is -2.38. The van der Waals surface area contributed by atoms with Crippen molar-refractivity contribution < 1.29 is 0 Å². The van der Waals surface area contributed by atoms with Crippen LogP contribution < -0.4 is 5.32 Å². The molecule has 2 fully saturated rings. The van der Waals surface area contributed by atoms with Gasteiger partial charge in [-0.3, -0.25) is 9.88 Å². The zero-order valence-corrected chi connectivity index (χ0v) is 12.7. The first-order valence-corrected chi connectivity index (χ1v) is 8.13. The Bertz CT molecular complexity index is 652. The zero-order chi connectivity index (χ0) is 14.2. The van der Waals surface area contributed by atoms with Crippen molar-refractivity contribution >= 4 is 10.9 Å². The summed E-state index contributed by atoms with van der Waals surface area (Å²) in [4.78, 5) is 7.23. The maximum absolute atomic E-state index is 4.57. The highest BCUT2D eigenvalue weighted by molar-refractivity contribution is 5.79. The van der Waals surface area contributed by atoms with E-state index in [9.17, 15) is 0 Å². The second-order valence-electron chi connectivity index (χ2n) is 6.50. The van der Waals surface area contributed by atoms with Crippen LogP contribution in [-0.2, 0) is 6.54 Å². The van der Waals surface area contributed by atoms with Crippen molar-refractivity contribution in [2.75, 3.05) is 13.1 Å². The van der Waals surface area contributed by atoms with Gasteiger partial charge in [0, 0.05) is 36.3 Å². The predicted octanol–water partition coefficient (Wildman–Crippen LogP) is 2.87. The summed E-state index contributed by atoms with van der Waals surface area (Å²) >= 11 is 0. The first-order valence-electron chi connectivity index (χ1n) is 8.13. The lowest BCUT2D eigenvalue weighted by Gasteiger charge is -2.21. The molecule has 0 saturated carbocycles. The Morgan fingerprint density at radius 3 is 3.10 bits per heavy atom. The molecule has 2 atom stereocenters. The molecule has 0 bridgehead atoms. The summed E-state index contributed by atoms with van der Waals surface area (Å²) in [6, 6.07) is 12.4. The van der Waals surface area contributed by atoms with Crippen LogP contribution in [0.15, 0.2) is 30.3 Å². The van der Waals surface area contributed by atoms with Crippen LogP contribution in [0, 0.1) is 6.92 Å². The number of pyridine rings is 1. The highest BCUT2D eigenvalue weighted by atomic mass is 15.2. The highest BCUT2D eigenvalue weighted by Gasteiger charge is 2.36. The molecule has 0 aliphatic carbocycles. The van der Waals surface area contributed by atoms with Gasteiger partial charge in [-0.25, -0.2) is 0 Å². The highest BCUT2D eigenvalue weighted by Crippen LogP contribution is 2.28. The van der Waals surface area contributed by atoms with Crippen LogP contribution in [0.5, 0.6) is 0 Å². The van der Waals surface area contributed by atoms with Gasteiger partial charge in [0.15, 0.2) is 0 Å². The van der Waals surface area contributed by atoms with E-state index < -0.39 is 0 Å². The van der Waals surface area contributed by atoms with Crippen LogP contribution in [0.25, 0.3) is 10.9 Å². The van der Waals surface area contributed by atoms with Crippen molar-refractivity contribution in [2.24, 2.45) is 0 Å². The van der Waals surface area contributed by atoms with E-state index in [0.29, 0.717) is 6.04 Å². The van der Waals surface area contributed by atoms with Crippen molar-refractivity contribution in [3.8, 4) is 0 Å². The molecule has 110 valence electrons. The van der Waals surface area contributed by atoms with Crippen molar-refractivity contribution in [3.63, 3.8) is 0 Å². The lowest BCUT2D eigenvalue weighted by molar-refractivity contribution is 0.298. The number of hydrogen-bond donors (Lipinski definition) is 1. The van der Waals surface area contributed by atoms with E-state index in [-0.39, 0.29) is 0 Å². The van der Waals surface area contributed by atoms with Crippen LogP contribution in [0.2, 0.25) is 0 Å². The van der Waals surface area contributed by atoms with E-state index in [4.69, 9.17) is 0 Å². The molecule has 21 heavy (non-hydrogen) atoms. The summed E-state index contributed by atoms with van der Waals surface area (Å²) in [7, 11) is 0. The molecule has 4 rings (SSSR count). The fourth-order valence-electron chi connectivity index (χ4n) is 3.96. The Labute approximate surface area is 126 Å². The average molecular weight is 281 g/mol. The molecule has 3 nitrogen and oxygen atoms in total. The van der Waals surface area contributed by atoms with Gasteiger partial charge >= 0.3 is 0 Å². The third-order valence-electron chi connectivity index (χ3n) is 5.07. The Balaban J connectivity index is 1.46. The molecule has 0 spiro atoms. The van der Waals surface area contributed by atoms with Gasteiger partial charge in [-0.15, -0.1) is 0 Å². The second kappa shape index (κ2) is 5.39. The smallest absolute Gasteiger partial charge is 0.0705 e. The van der Waals surface area contributed by atoms with Crippen LogP contribution in [-0.4, -0.2) is 35.1 Å². The standard InChI is InChI=1S/C18H23N3/c1-13-4-6-15-11-14(5-7-16(15)20-13)12-19-17-8-10-21-9-2-3-18(17)21/h4-7,11,17-19H,2-3,8-10,12H2,1H3. The van der Waals surface area contributed by atoms with E-state index in [1.54, 1.807) is 0 Å². The fraction of sp³-hybridized carbons (Fsp3) is 0.500. The minimum atomic E-state index is 0.680. The van der Waals surface area contributed by atoms with E-state index in [1.165, 1.54) is 43.3 Å². The second-order valence-corrected chi connectivity index (χ2v) is 6.50. The molecule has 1 aromatic carbocycles. The summed E-state index contributed by atoms with van der Waals surface area (Å²) in [5.74, 6) is 0. The maximum atomic E-state index is 4.57. The number of nitrogens with one attached hydrogen (secondary N) is 1. The van der Waals surface area contributed by atoms with Gasteiger partial charge in [0.05, 0.1) is 5.52 Å². The van der Waals surface area contributed by atoms with Crippen LogP contribution >= 0.6 is 0 Å². The molecule has 2 aliphatic heterocycles. The van der Waals surface area contributed by atoms with Gasteiger partial charge in [-0.1, -0.05) is 12.1 Å². The minimum absolute atomic E-state index is 0.680. The number of benzene rings is 1. The number of aromatic nitrogens is 1. The molecule has 2 aliphatic rings. The van der Waals surface area contributed by atoms with Crippen molar-refractivity contribution in [1.82, 2.24) is 15.2 Å². The third kappa shape index (κ3) is 2.56. The number of hydrogen-bond acceptors (Lipinski definition) is 3. The Morgan fingerprint density at radius 2 is 2.14 bits per heavy atom. The summed E-state index contributed by atoms with van der Waals surface area (Å²) in [5.41, 5.74) is 3.55. The zero-order valence-electron chi connectivity index (χ0n) is 12.7. The fourth-order valence-corrected chi connectivity index (χ4v) is 3.96. The number of nitrogens with zero attached hydrogens (tertiary/aromatic N) is 2. The molecular weight excluding hydrogens is 258 g/mol. The van der Waals surface area contributed by atoms with Crippen LogP contribution in [0.4, 0.5) is 0 Å². The van der Waals surface area contributed by atoms with E-state index >= 15 is 0 Å². The quantitative estimate of drug-likeness (QED) is 0.937. The van der Waals surface area contributed by atoms with Crippen molar-refractivity contribution in [2.45, 2.75) is 44.8 Å². The molecule has 1 aromatic heterocycles. The molecular formula is C18H23N3. The van der Waals surface area contributed by atoms with Gasteiger partial charge in [-0.2, -0.15) is 0 Å². The molecule has 3 heteroatoms. The normalized spacial score (nSPS) is 25.6. The Hall–Kier alpha value is -1.45. The third-order valence-corrected chi connectivity index (χ3v) is 5.07. The van der Waals surface area contributed by atoms with Crippen molar-refractivity contribution in [1.29, 1.82) is 0 Å². The van der Waals surface area contributed by atoms with Gasteiger partial charge in [0.2, 0.25) is 0 Å². The first-order chi connectivity index (χ1) is 10.3. The van der Waals surface area contributed by atoms with Gasteiger partial charge in [0.25, 0.3) is 0 Å². The SMILES string of the molecule is Cc1ccc2cc(CNC3CCN4CCCC34)ccc2n1. The van der Waals surface area contributed by atoms with E-state index in [2.05, 4.69) is 45.5 Å². The Kier molecular flexibility index (Phi) is 3.40. The van der Waals surface area contributed by atoms with E-state index in [1.807, 2.05) is 6.92 Å². The average Bonchev–Trinajstić information content (AvgIpc) is 3.08. The number of aryl methyl sites for hydroxylation is 1. The van der Waals surface area contributed by atoms with Crippen molar-refractivity contribution in [3.05, 3.63) is 41.6 Å². The molecule has 3 heterocycles. The molecule has 0 radical (unpaired) electrons. The molecule has 0 amide bonds. The van der Waals surface area contributed by atoms with Crippen LogP contribution in [0.3, 0.4) is 0 Å². The van der Waals surface area contributed by atoms with Gasteiger partial charge < -0.3 is 5.32 Å². The Morgan fingerprint density at radius 1 is 1.19 bits per heavy atom. The number of fused-ring (bicyclic) bond motifs is 2. The molecule has 2 saturated heterocycles. The van der Waals surface area contributed by atoms with E-state index in [0.717, 1.165) is 23.8 Å². The molecule has 2 unspecified atom stereocenters. The molecule has 1 N–H and O–H groups in total. The minimum Gasteiger partial charge on any atom is -0.308 e. The first kappa shape index (κ1) is 13.2. The van der Waals surface area contributed by atoms with Gasteiger partial charge in [-0.05, 0) is 56.5 Å². The van der Waals surface area contributed by atoms with Crippen LogP contribution in [0.1, 0.15) is 30.5 Å². The summed E-state index contributed by atoms with van der Waals surface area (Å²) in [6.07, 6.45) is 4.06. The summed E-state index contributed by atoms with van der Waals surface area (Å²) in [5, 5.41) is 5.03. The summed E-state index contributed by atoms with van der Waals surface area (Å²) < 4.78 is 0.